The second-order valence-corrected chi connectivity index (χ2v) is 8.92. The molecular formula is C20H21N5O4S2. The summed E-state index contributed by atoms with van der Waals surface area (Å²) < 4.78 is 7.59. The van der Waals surface area contributed by atoms with Crippen LogP contribution in [0.25, 0.3) is 0 Å². The molecule has 0 aliphatic rings. The number of thioether (sulfide) groups is 1. The fraction of sp³-hybridized carbons (Fsp3) is 0.250. The van der Waals surface area contributed by atoms with Crippen molar-refractivity contribution in [1.82, 2.24) is 14.8 Å². The number of amides is 2. The van der Waals surface area contributed by atoms with Gasteiger partial charge < -0.3 is 19.9 Å². The second-order valence-electron chi connectivity index (χ2n) is 6.51. The molecular weight excluding hydrogens is 438 g/mol. The summed E-state index contributed by atoms with van der Waals surface area (Å²) in [6.45, 7) is 3.26. The fourth-order valence-corrected chi connectivity index (χ4v) is 4.53. The van der Waals surface area contributed by atoms with Crippen molar-refractivity contribution in [1.29, 1.82) is 0 Å². The average Bonchev–Trinajstić information content (AvgIpc) is 3.12. The number of nitrogens with zero attached hydrogens (tertiary/aromatic N) is 3. The van der Waals surface area contributed by atoms with Crippen LogP contribution in [0.2, 0.25) is 0 Å². The fourth-order valence-electron chi connectivity index (χ4n) is 2.72. The molecule has 3 rings (SSSR count). The number of methoxy groups -OCH3 is 1. The summed E-state index contributed by atoms with van der Waals surface area (Å²) >= 11 is 2.91. The maximum Gasteiger partial charge on any atom is 0.244 e. The van der Waals surface area contributed by atoms with Crippen LogP contribution >= 0.6 is 23.1 Å². The van der Waals surface area contributed by atoms with Gasteiger partial charge >= 0.3 is 0 Å². The SMILES string of the molecule is COc1cn(CC(=O)Nc2cccc(NC(C)=O)c2)c(CSc2nnc(C)s2)cc1=O. The number of ether oxygens (including phenoxy) is 1. The van der Waals surface area contributed by atoms with E-state index in [4.69, 9.17) is 4.74 Å². The van der Waals surface area contributed by atoms with E-state index in [1.807, 2.05) is 6.92 Å². The van der Waals surface area contributed by atoms with E-state index in [1.165, 1.54) is 49.4 Å². The number of pyridine rings is 1. The van der Waals surface area contributed by atoms with E-state index >= 15 is 0 Å². The first-order valence-corrected chi connectivity index (χ1v) is 11.0. The molecule has 0 saturated heterocycles. The minimum Gasteiger partial charge on any atom is -0.491 e. The van der Waals surface area contributed by atoms with E-state index in [2.05, 4.69) is 20.8 Å². The quantitative estimate of drug-likeness (QED) is 0.498. The minimum atomic E-state index is -0.288. The van der Waals surface area contributed by atoms with Crippen LogP contribution in [0.3, 0.4) is 0 Å². The number of carbonyl (C=O) groups excluding carboxylic acids is 2. The number of carbonyl (C=O) groups is 2. The molecule has 162 valence electrons. The largest absolute Gasteiger partial charge is 0.491 e. The van der Waals surface area contributed by atoms with Crippen LogP contribution in [-0.2, 0) is 21.9 Å². The first-order valence-electron chi connectivity index (χ1n) is 9.22. The Labute approximate surface area is 186 Å². The molecule has 11 heteroatoms. The molecule has 0 aliphatic heterocycles. The Morgan fingerprint density at radius 1 is 1.19 bits per heavy atom. The Hall–Kier alpha value is -3.18. The highest BCUT2D eigenvalue weighted by molar-refractivity contribution is 8.00. The van der Waals surface area contributed by atoms with Gasteiger partial charge in [-0.25, -0.2) is 0 Å². The lowest BCUT2D eigenvalue weighted by molar-refractivity contribution is -0.117. The molecule has 0 bridgehead atoms. The number of aryl methyl sites for hydroxylation is 1. The van der Waals surface area contributed by atoms with Gasteiger partial charge in [-0.15, -0.1) is 10.2 Å². The number of benzene rings is 1. The van der Waals surface area contributed by atoms with Crippen LogP contribution in [0, 0.1) is 6.92 Å². The van der Waals surface area contributed by atoms with E-state index in [1.54, 1.807) is 28.8 Å². The van der Waals surface area contributed by atoms with Gasteiger partial charge in [0.05, 0.1) is 13.3 Å². The van der Waals surface area contributed by atoms with Gasteiger partial charge in [-0.2, -0.15) is 0 Å². The van der Waals surface area contributed by atoms with Crippen molar-refractivity contribution in [2.45, 2.75) is 30.5 Å². The highest BCUT2D eigenvalue weighted by Crippen LogP contribution is 2.26. The Morgan fingerprint density at radius 2 is 1.94 bits per heavy atom. The molecule has 9 nitrogen and oxygen atoms in total. The van der Waals surface area contributed by atoms with Crippen molar-refractivity contribution in [3.63, 3.8) is 0 Å². The normalized spacial score (nSPS) is 10.5. The molecule has 0 atom stereocenters. The zero-order chi connectivity index (χ0) is 22.4. The van der Waals surface area contributed by atoms with E-state index < -0.39 is 0 Å². The summed E-state index contributed by atoms with van der Waals surface area (Å²) in [5.41, 5.74) is 1.53. The van der Waals surface area contributed by atoms with E-state index in [9.17, 15) is 14.4 Å². The van der Waals surface area contributed by atoms with Crippen LogP contribution in [0.4, 0.5) is 11.4 Å². The van der Waals surface area contributed by atoms with Crippen LogP contribution in [0.15, 0.2) is 45.7 Å². The molecule has 2 heterocycles. The number of aromatic nitrogens is 3. The molecule has 2 aromatic heterocycles. The highest BCUT2D eigenvalue weighted by Gasteiger charge is 2.13. The van der Waals surface area contributed by atoms with Crippen LogP contribution < -0.4 is 20.8 Å². The summed E-state index contributed by atoms with van der Waals surface area (Å²) in [5, 5.41) is 14.4. The lowest BCUT2D eigenvalue weighted by Gasteiger charge is -2.15. The Morgan fingerprint density at radius 3 is 2.58 bits per heavy atom. The monoisotopic (exact) mass is 459 g/mol. The first-order chi connectivity index (χ1) is 14.8. The van der Waals surface area contributed by atoms with E-state index in [-0.39, 0.29) is 29.5 Å². The molecule has 0 unspecified atom stereocenters. The maximum absolute atomic E-state index is 12.7. The third kappa shape index (κ3) is 6.40. The zero-order valence-electron chi connectivity index (χ0n) is 17.2. The summed E-state index contributed by atoms with van der Waals surface area (Å²) in [7, 11) is 1.41. The van der Waals surface area contributed by atoms with Crippen molar-refractivity contribution in [3.8, 4) is 5.75 Å². The van der Waals surface area contributed by atoms with Crippen molar-refractivity contribution < 1.29 is 14.3 Å². The molecule has 2 amide bonds. The highest BCUT2D eigenvalue weighted by atomic mass is 32.2. The molecule has 0 radical (unpaired) electrons. The third-order valence-electron chi connectivity index (χ3n) is 4.03. The molecule has 0 aliphatic carbocycles. The van der Waals surface area contributed by atoms with Gasteiger partial charge in [-0.05, 0) is 25.1 Å². The van der Waals surface area contributed by atoms with E-state index in [0.717, 1.165) is 9.35 Å². The third-order valence-corrected chi connectivity index (χ3v) is 6.04. The number of hydrogen-bond acceptors (Lipinski definition) is 8. The minimum absolute atomic E-state index is 0.0218. The van der Waals surface area contributed by atoms with Gasteiger partial charge in [-0.1, -0.05) is 29.2 Å². The summed E-state index contributed by atoms with van der Waals surface area (Å²) in [6.07, 6.45) is 1.52. The summed E-state index contributed by atoms with van der Waals surface area (Å²) in [6, 6.07) is 8.32. The Bertz CT molecular complexity index is 1160. The number of anilines is 2. The molecule has 3 aromatic rings. The standard InChI is InChI=1S/C20H21N5O4S2/c1-12(26)21-14-5-4-6-15(7-14)22-19(28)10-25-9-18(29-3)17(27)8-16(25)11-30-20-24-23-13(2)31-20/h4-9H,10-11H2,1-3H3,(H,21,26)(H,22,28). The molecule has 0 saturated carbocycles. The summed E-state index contributed by atoms with van der Waals surface area (Å²) in [4.78, 5) is 36.1. The van der Waals surface area contributed by atoms with Crippen LogP contribution in [-0.4, -0.2) is 33.7 Å². The van der Waals surface area contributed by atoms with Crippen LogP contribution in [0.1, 0.15) is 17.6 Å². The maximum atomic E-state index is 12.7. The van der Waals surface area contributed by atoms with E-state index in [0.29, 0.717) is 22.8 Å². The first kappa shape index (κ1) is 22.5. The molecule has 2 N–H and O–H groups in total. The molecule has 0 spiro atoms. The Kier molecular flexibility index (Phi) is 7.42. The number of rotatable bonds is 8. The van der Waals surface area contributed by atoms with Crippen LogP contribution in [0.5, 0.6) is 5.75 Å². The zero-order valence-corrected chi connectivity index (χ0v) is 18.8. The average molecular weight is 460 g/mol. The van der Waals surface area contributed by atoms with Crippen molar-refractivity contribution >= 4 is 46.3 Å². The predicted octanol–water partition coefficient (Wildman–Crippen LogP) is 2.91. The topological polar surface area (TPSA) is 115 Å². The smallest absolute Gasteiger partial charge is 0.244 e. The van der Waals surface area contributed by atoms with Crippen molar-refractivity contribution in [2.24, 2.45) is 0 Å². The van der Waals surface area contributed by atoms with Crippen molar-refractivity contribution in [2.75, 3.05) is 17.7 Å². The Balaban J connectivity index is 1.76. The van der Waals surface area contributed by atoms with Gasteiger partial charge in [0, 0.05) is 35.8 Å². The van der Waals surface area contributed by atoms with Gasteiger partial charge in [0.15, 0.2) is 10.1 Å². The predicted molar refractivity (Wildman–Crippen MR) is 121 cm³/mol. The number of nitrogens with one attached hydrogen (secondary N) is 2. The van der Waals surface area contributed by atoms with Gasteiger partial charge in [-0.3, -0.25) is 14.4 Å². The number of hydrogen-bond donors (Lipinski definition) is 2. The summed E-state index contributed by atoms with van der Waals surface area (Å²) in [5.74, 6) is 0.111. The molecule has 0 fully saturated rings. The van der Waals surface area contributed by atoms with Crippen molar-refractivity contribution in [3.05, 3.63) is 57.5 Å². The lowest BCUT2D eigenvalue weighted by Crippen LogP contribution is -2.22. The second kappa shape index (κ2) is 10.2. The van der Waals surface area contributed by atoms with Gasteiger partial charge in [0.2, 0.25) is 17.2 Å². The van der Waals surface area contributed by atoms with Gasteiger partial charge in [0.25, 0.3) is 0 Å². The lowest BCUT2D eigenvalue weighted by atomic mass is 10.2. The van der Waals surface area contributed by atoms with Gasteiger partial charge in [0.1, 0.15) is 11.6 Å². The molecule has 1 aromatic carbocycles. The molecule has 31 heavy (non-hydrogen) atoms.